The SMILES string of the molecule is C[Si](C)(Cl)CCCC1CCc2ccccc21. The second-order valence-electron chi connectivity index (χ2n) is 5.55. The first-order valence-corrected chi connectivity index (χ1v) is 10.5. The Hall–Kier alpha value is -0.273. The lowest BCUT2D eigenvalue weighted by atomic mass is 9.97. The summed E-state index contributed by atoms with van der Waals surface area (Å²) in [4.78, 5) is 0. The van der Waals surface area contributed by atoms with Crippen molar-refractivity contribution in [2.24, 2.45) is 0 Å². The standard InChI is InChI=1S/C14H21ClSi/c1-16(2,15)11-5-7-13-10-9-12-6-3-4-8-14(12)13/h3-4,6,8,13H,5,7,9-11H2,1-2H3. The molecule has 0 spiro atoms. The molecule has 0 radical (unpaired) electrons. The zero-order valence-corrected chi connectivity index (χ0v) is 12.1. The van der Waals surface area contributed by atoms with Gasteiger partial charge in [0.05, 0.1) is 0 Å². The summed E-state index contributed by atoms with van der Waals surface area (Å²) in [5.41, 5.74) is 3.19. The van der Waals surface area contributed by atoms with Crippen LogP contribution in [0.2, 0.25) is 19.1 Å². The highest BCUT2D eigenvalue weighted by molar-refractivity contribution is 7.19. The van der Waals surface area contributed by atoms with Crippen molar-refractivity contribution in [1.29, 1.82) is 0 Å². The Morgan fingerprint density at radius 3 is 2.81 bits per heavy atom. The van der Waals surface area contributed by atoms with E-state index in [-0.39, 0.29) is 0 Å². The molecule has 1 aliphatic carbocycles. The van der Waals surface area contributed by atoms with Crippen molar-refractivity contribution in [3.05, 3.63) is 35.4 Å². The van der Waals surface area contributed by atoms with Crippen LogP contribution >= 0.6 is 11.1 Å². The van der Waals surface area contributed by atoms with Crippen molar-refractivity contribution in [1.82, 2.24) is 0 Å². The van der Waals surface area contributed by atoms with E-state index >= 15 is 0 Å². The Balaban J connectivity index is 1.89. The highest BCUT2D eigenvalue weighted by Gasteiger charge is 2.23. The number of benzene rings is 1. The number of hydrogen-bond acceptors (Lipinski definition) is 0. The molecule has 0 saturated carbocycles. The maximum atomic E-state index is 6.36. The largest absolute Gasteiger partial charge is 0.168 e. The second-order valence-corrected chi connectivity index (χ2v) is 12.6. The number of aryl methyl sites for hydroxylation is 1. The van der Waals surface area contributed by atoms with Gasteiger partial charge in [0, 0.05) is 0 Å². The fourth-order valence-electron chi connectivity index (χ4n) is 2.71. The van der Waals surface area contributed by atoms with Crippen LogP contribution in [0.5, 0.6) is 0 Å². The predicted molar refractivity (Wildman–Crippen MR) is 74.9 cm³/mol. The Morgan fingerprint density at radius 2 is 2.06 bits per heavy atom. The predicted octanol–water partition coefficient (Wildman–Crippen LogP) is 4.94. The van der Waals surface area contributed by atoms with E-state index in [2.05, 4.69) is 37.4 Å². The Labute approximate surface area is 105 Å². The lowest BCUT2D eigenvalue weighted by Crippen LogP contribution is -2.15. The maximum absolute atomic E-state index is 6.36. The number of fused-ring (bicyclic) bond motifs is 1. The van der Waals surface area contributed by atoms with Gasteiger partial charge in [-0.2, -0.15) is 11.1 Å². The lowest BCUT2D eigenvalue weighted by Gasteiger charge is -2.15. The Morgan fingerprint density at radius 1 is 1.31 bits per heavy atom. The van der Waals surface area contributed by atoms with E-state index < -0.39 is 7.38 Å². The summed E-state index contributed by atoms with van der Waals surface area (Å²) in [5.74, 6) is 0.809. The van der Waals surface area contributed by atoms with E-state index in [4.69, 9.17) is 11.1 Å². The van der Waals surface area contributed by atoms with Crippen molar-refractivity contribution in [3.63, 3.8) is 0 Å². The van der Waals surface area contributed by atoms with Crippen molar-refractivity contribution in [2.45, 2.75) is 50.7 Å². The molecule has 1 unspecified atom stereocenters. The molecule has 0 heterocycles. The molecule has 0 fully saturated rings. The maximum Gasteiger partial charge on any atom is 0.150 e. The van der Waals surface area contributed by atoms with Gasteiger partial charge in [0.2, 0.25) is 0 Å². The van der Waals surface area contributed by atoms with Crippen molar-refractivity contribution in [2.75, 3.05) is 0 Å². The van der Waals surface area contributed by atoms with Gasteiger partial charge >= 0.3 is 0 Å². The summed E-state index contributed by atoms with van der Waals surface area (Å²) >= 11 is 6.36. The Bertz CT molecular complexity index is 354. The van der Waals surface area contributed by atoms with Crippen LogP contribution in [0.4, 0.5) is 0 Å². The second kappa shape index (κ2) is 4.93. The van der Waals surface area contributed by atoms with Gasteiger partial charge in [-0.3, -0.25) is 0 Å². The molecule has 16 heavy (non-hydrogen) atoms. The molecule has 0 nitrogen and oxygen atoms in total. The van der Waals surface area contributed by atoms with Gasteiger partial charge in [-0.05, 0) is 42.4 Å². The molecule has 1 atom stereocenters. The van der Waals surface area contributed by atoms with E-state index in [0.717, 1.165) is 5.92 Å². The van der Waals surface area contributed by atoms with E-state index in [1.165, 1.54) is 31.7 Å². The zero-order valence-electron chi connectivity index (χ0n) is 10.3. The Kier molecular flexibility index (Phi) is 3.76. The van der Waals surface area contributed by atoms with Crippen molar-refractivity contribution >= 4 is 18.5 Å². The highest BCUT2D eigenvalue weighted by Crippen LogP contribution is 2.37. The third-order valence-corrected chi connectivity index (χ3v) is 5.69. The molecule has 0 saturated heterocycles. The van der Waals surface area contributed by atoms with Crippen LogP contribution in [0, 0.1) is 0 Å². The van der Waals surface area contributed by atoms with Gasteiger partial charge in [0.15, 0.2) is 0 Å². The minimum atomic E-state index is -1.35. The molecule has 88 valence electrons. The summed E-state index contributed by atoms with van der Waals surface area (Å²) in [6.45, 7) is 4.49. The number of rotatable bonds is 4. The van der Waals surface area contributed by atoms with Crippen molar-refractivity contribution in [3.8, 4) is 0 Å². The summed E-state index contributed by atoms with van der Waals surface area (Å²) in [5, 5.41) is 0. The molecule has 0 N–H and O–H groups in total. The van der Waals surface area contributed by atoms with Crippen LogP contribution in [0.3, 0.4) is 0 Å². The van der Waals surface area contributed by atoms with E-state index in [1.807, 2.05) is 0 Å². The molecule has 2 rings (SSSR count). The quantitative estimate of drug-likeness (QED) is 0.526. The van der Waals surface area contributed by atoms with Gasteiger partial charge in [-0.25, -0.2) is 0 Å². The first kappa shape index (κ1) is 12.2. The van der Waals surface area contributed by atoms with Gasteiger partial charge in [0.1, 0.15) is 7.38 Å². The van der Waals surface area contributed by atoms with E-state index in [0.29, 0.717) is 0 Å². The average Bonchev–Trinajstić information content (AvgIpc) is 2.60. The smallest absolute Gasteiger partial charge is 0.150 e. The molecule has 1 aromatic carbocycles. The third kappa shape index (κ3) is 3.11. The summed E-state index contributed by atoms with van der Waals surface area (Å²) < 4.78 is 0. The van der Waals surface area contributed by atoms with Crippen molar-refractivity contribution < 1.29 is 0 Å². The minimum absolute atomic E-state index is 0.809. The minimum Gasteiger partial charge on any atom is -0.168 e. The molecule has 0 amide bonds. The van der Waals surface area contributed by atoms with Gasteiger partial charge in [-0.15, -0.1) is 0 Å². The first-order chi connectivity index (χ1) is 7.56. The molecular formula is C14H21ClSi. The number of halogens is 1. The van der Waals surface area contributed by atoms with Gasteiger partial charge in [0.25, 0.3) is 0 Å². The van der Waals surface area contributed by atoms with Crippen LogP contribution in [0.15, 0.2) is 24.3 Å². The van der Waals surface area contributed by atoms with E-state index in [1.54, 1.807) is 11.1 Å². The summed E-state index contributed by atoms with van der Waals surface area (Å²) in [7, 11) is -1.35. The normalized spacial score (nSPS) is 19.8. The molecule has 1 aliphatic rings. The van der Waals surface area contributed by atoms with Gasteiger partial charge in [-0.1, -0.05) is 43.8 Å². The monoisotopic (exact) mass is 252 g/mol. The molecule has 0 aliphatic heterocycles. The fraction of sp³-hybridized carbons (Fsp3) is 0.571. The molecule has 0 bridgehead atoms. The van der Waals surface area contributed by atoms with Crippen LogP contribution in [0.1, 0.15) is 36.3 Å². The van der Waals surface area contributed by atoms with Crippen LogP contribution in [-0.2, 0) is 6.42 Å². The fourth-order valence-corrected chi connectivity index (χ4v) is 4.16. The first-order valence-electron chi connectivity index (χ1n) is 6.33. The zero-order chi connectivity index (χ0) is 11.6. The highest BCUT2D eigenvalue weighted by atomic mass is 35.6. The van der Waals surface area contributed by atoms with Crippen LogP contribution in [-0.4, -0.2) is 7.38 Å². The molecule has 0 aromatic heterocycles. The molecule has 2 heteroatoms. The number of hydrogen-bond donors (Lipinski definition) is 0. The van der Waals surface area contributed by atoms with E-state index in [9.17, 15) is 0 Å². The van der Waals surface area contributed by atoms with Gasteiger partial charge < -0.3 is 0 Å². The van der Waals surface area contributed by atoms with Crippen LogP contribution < -0.4 is 0 Å². The lowest BCUT2D eigenvalue weighted by molar-refractivity contribution is 0.606. The molecular weight excluding hydrogens is 232 g/mol. The average molecular weight is 253 g/mol. The summed E-state index contributed by atoms with van der Waals surface area (Å²) in [6.07, 6.45) is 5.27. The topological polar surface area (TPSA) is 0 Å². The summed E-state index contributed by atoms with van der Waals surface area (Å²) in [6, 6.07) is 10.2. The van der Waals surface area contributed by atoms with Crippen LogP contribution in [0.25, 0.3) is 0 Å². The third-order valence-electron chi connectivity index (χ3n) is 3.58. The molecule has 1 aromatic rings.